The van der Waals surface area contributed by atoms with Crippen LogP contribution >= 0.6 is 55.1 Å². The van der Waals surface area contributed by atoms with Crippen molar-refractivity contribution in [3.8, 4) is 0 Å². The Morgan fingerprint density at radius 1 is 0.889 bits per heavy atom. The van der Waals surface area contributed by atoms with Gasteiger partial charge in [-0.05, 0) is 23.2 Å². The molecule has 0 aromatic carbocycles. The van der Waals surface area contributed by atoms with Gasteiger partial charge in [0.15, 0.2) is 0 Å². The Hall–Kier alpha value is -0.0400. The fourth-order valence-electron chi connectivity index (χ4n) is 1.04. The number of nitrogens with zero attached hydrogens (tertiary/aromatic N) is 2. The van der Waals surface area contributed by atoms with Crippen LogP contribution in [0.25, 0.3) is 0 Å². The highest BCUT2D eigenvalue weighted by Gasteiger charge is 2.13. The lowest BCUT2D eigenvalue weighted by atomic mass is 10.5. The van der Waals surface area contributed by atoms with Crippen molar-refractivity contribution in [1.29, 1.82) is 0 Å². The summed E-state index contributed by atoms with van der Waals surface area (Å²) in [5.41, 5.74) is 0. The number of carbonyl (C=O) groups excluding carboxylic acids is 2. The Kier molecular flexibility index (Phi) is 10.8. The lowest BCUT2D eigenvalue weighted by molar-refractivity contribution is -0.119. The van der Waals surface area contributed by atoms with Crippen molar-refractivity contribution in [3.63, 3.8) is 0 Å². The van der Waals surface area contributed by atoms with Gasteiger partial charge in [-0.1, -0.05) is 44.0 Å². The van der Waals surface area contributed by atoms with Crippen molar-refractivity contribution in [2.24, 2.45) is 0 Å². The van der Waals surface area contributed by atoms with Crippen LogP contribution in [0.4, 0.5) is 0 Å². The summed E-state index contributed by atoms with van der Waals surface area (Å²) in [6.45, 7) is -0.107. The summed E-state index contributed by atoms with van der Waals surface area (Å²) in [6.07, 6.45) is 6.84. The maximum Gasteiger partial charge on any atom is 0.243 e. The molecule has 102 valence electrons. The molecule has 0 bridgehead atoms. The van der Waals surface area contributed by atoms with Gasteiger partial charge in [0.1, 0.15) is 13.1 Å². The summed E-state index contributed by atoms with van der Waals surface area (Å²) in [5.74, 6) is 0. The molecule has 0 aliphatic heterocycles. The van der Waals surface area contributed by atoms with Crippen molar-refractivity contribution >= 4 is 65.5 Å². The summed E-state index contributed by atoms with van der Waals surface area (Å²) in [7, 11) is 0. The van der Waals surface area contributed by atoms with Gasteiger partial charge < -0.3 is 0 Å². The number of rotatable bonds is 9. The molecule has 0 atom stereocenters. The third-order valence-electron chi connectivity index (χ3n) is 1.64. The van der Waals surface area contributed by atoms with E-state index in [0.29, 0.717) is 10.7 Å². The summed E-state index contributed by atoms with van der Waals surface area (Å²) in [6, 6.07) is 0. The predicted octanol–water partition coefficient (Wildman–Crippen LogP) is 2.85. The monoisotopic (exact) mass is 420 g/mol. The molecule has 0 saturated heterocycles. The second-order valence-corrected chi connectivity index (χ2v) is 5.12. The molecule has 0 aliphatic carbocycles. The molecule has 18 heavy (non-hydrogen) atoms. The highest BCUT2D eigenvalue weighted by atomic mass is 79.9. The van der Waals surface area contributed by atoms with Crippen molar-refractivity contribution < 1.29 is 9.59 Å². The number of hydrogen-bond donors (Lipinski definition) is 0. The van der Waals surface area contributed by atoms with Crippen LogP contribution in [-0.4, -0.2) is 44.3 Å². The number of halogens is 4. The van der Waals surface area contributed by atoms with E-state index in [4.69, 9.17) is 23.2 Å². The normalized spacial score (nSPS) is 11.1. The average molecular weight is 423 g/mol. The number of hydrazine groups is 1. The van der Waals surface area contributed by atoms with E-state index in [-0.39, 0.29) is 13.1 Å². The molecule has 4 nitrogen and oxygen atoms in total. The molecular formula is C10H12Br2Cl2N2O2. The summed E-state index contributed by atoms with van der Waals surface area (Å²) >= 11 is 17.2. The third-order valence-corrected chi connectivity index (χ3v) is 2.62. The van der Waals surface area contributed by atoms with E-state index in [1.807, 2.05) is 0 Å². The second-order valence-electron chi connectivity index (χ2n) is 2.98. The third kappa shape index (κ3) is 8.97. The Morgan fingerprint density at radius 2 is 1.22 bits per heavy atom. The molecule has 0 N–H and O–H groups in total. The first-order valence-electron chi connectivity index (χ1n) is 4.86. The first kappa shape index (κ1) is 18.0. The van der Waals surface area contributed by atoms with Crippen LogP contribution in [0.15, 0.2) is 24.6 Å². The fraction of sp³-hybridized carbons (Fsp3) is 0.400. The Labute approximate surface area is 133 Å². The number of hydrogen-bond acceptors (Lipinski definition) is 4. The van der Waals surface area contributed by atoms with Gasteiger partial charge in [-0.2, -0.15) is 0 Å². The van der Waals surface area contributed by atoms with Gasteiger partial charge in [0.25, 0.3) is 0 Å². The van der Waals surface area contributed by atoms with Crippen LogP contribution < -0.4 is 0 Å². The number of carbonyl (C=O) groups is 2. The van der Waals surface area contributed by atoms with Gasteiger partial charge >= 0.3 is 0 Å². The molecule has 0 fully saturated rings. The maximum absolute atomic E-state index is 11.0. The molecule has 0 aliphatic rings. The molecule has 0 spiro atoms. The first-order valence-corrected chi connectivity index (χ1v) is 7.86. The Balaban J connectivity index is 4.91. The van der Waals surface area contributed by atoms with Crippen LogP contribution in [0.1, 0.15) is 0 Å². The lowest BCUT2D eigenvalue weighted by Gasteiger charge is -2.31. The molecule has 0 heterocycles. The van der Waals surface area contributed by atoms with Crippen LogP contribution in [-0.2, 0) is 9.59 Å². The SMILES string of the molecule is O=C(Cl)CN(/C=C/CBr)N(/C=C/CBr)CC(=O)Cl. The van der Waals surface area contributed by atoms with Gasteiger partial charge in [-0.3, -0.25) is 19.6 Å². The minimum Gasteiger partial charge on any atom is -0.284 e. The highest BCUT2D eigenvalue weighted by molar-refractivity contribution is 9.09. The van der Waals surface area contributed by atoms with Crippen LogP contribution in [0.2, 0.25) is 0 Å². The molecule has 0 aromatic rings. The molecule has 0 amide bonds. The van der Waals surface area contributed by atoms with E-state index in [2.05, 4.69) is 31.9 Å². The fourth-order valence-corrected chi connectivity index (χ4v) is 1.62. The van der Waals surface area contributed by atoms with E-state index >= 15 is 0 Å². The lowest BCUT2D eigenvalue weighted by Crippen LogP contribution is -2.39. The maximum atomic E-state index is 11.0. The van der Waals surface area contributed by atoms with E-state index in [1.165, 1.54) is 10.0 Å². The Bertz CT molecular complexity index is 306. The summed E-state index contributed by atoms with van der Waals surface area (Å²) < 4.78 is 0. The van der Waals surface area contributed by atoms with Crippen molar-refractivity contribution in [2.75, 3.05) is 23.7 Å². The quantitative estimate of drug-likeness (QED) is 0.325. The smallest absolute Gasteiger partial charge is 0.243 e. The van der Waals surface area contributed by atoms with Gasteiger partial charge in [-0.25, -0.2) is 0 Å². The van der Waals surface area contributed by atoms with E-state index in [0.717, 1.165) is 0 Å². The minimum absolute atomic E-state index is 0.0537. The van der Waals surface area contributed by atoms with Crippen LogP contribution in [0, 0.1) is 0 Å². The standard InChI is InChI=1S/C10H12Br2Cl2N2O2/c11-3-1-5-15(7-9(13)17)16(6-2-4-12)8-10(14)18/h1-2,5-6H,3-4,7-8H2/b5-1+,6-2+. The molecule has 8 heteroatoms. The largest absolute Gasteiger partial charge is 0.284 e. The van der Waals surface area contributed by atoms with E-state index in [9.17, 15) is 9.59 Å². The minimum atomic E-state index is -0.534. The van der Waals surface area contributed by atoms with Gasteiger partial charge in [0.05, 0.1) is 0 Å². The summed E-state index contributed by atoms with van der Waals surface area (Å²) in [5, 5.41) is 3.18. The zero-order chi connectivity index (χ0) is 14.0. The van der Waals surface area contributed by atoms with Crippen LogP contribution in [0.3, 0.4) is 0 Å². The topological polar surface area (TPSA) is 40.6 Å². The molecule has 0 unspecified atom stereocenters. The second kappa shape index (κ2) is 10.8. The molecule has 0 rings (SSSR count). The van der Waals surface area contributed by atoms with Gasteiger partial charge in [-0.15, -0.1) is 0 Å². The molecule has 0 radical (unpaired) electrons. The molecule has 0 saturated carbocycles. The average Bonchev–Trinajstić information content (AvgIpc) is 2.29. The first-order chi connectivity index (χ1) is 8.51. The summed E-state index contributed by atoms with van der Waals surface area (Å²) in [4.78, 5) is 22.0. The molecular weight excluding hydrogens is 411 g/mol. The van der Waals surface area contributed by atoms with E-state index in [1.54, 1.807) is 24.6 Å². The van der Waals surface area contributed by atoms with Gasteiger partial charge in [0, 0.05) is 23.1 Å². The highest BCUT2D eigenvalue weighted by Crippen LogP contribution is 2.05. The van der Waals surface area contributed by atoms with Crippen LogP contribution in [0.5, 0.6) is 0 Å². The zero-order valence-electron chi connectivity index (χ0n) is 9.36. The Morgan fingerprint density at radius 3 is 1.44 bits per heavy atom. The number of allylic oxidation sites excluding steroid dienone is 2. The van der Waals surface area contributed by atoms with Crippen molar-refractivity contribution in [3.05, 3.63) is 24.6 Å². The van der Waals surface area contributed by atoms with Crippen molar-refractivity contribution in [2.45, 2.75) is 0 Å². The number of alkyl halides is 2. The van der Waals surface area contributed by atoms with Crippen molar-refractivity contribution in [1.82, 2.24) is 10.0 Å². The predicted molar refractivity (Wildman–Crippen MR) is 81.0 cm³/mol. The zero-order valence-corrected chi connectivity index (χ0v) is 14.0. The van der Waals surface area contributed by atoms with E-state index < -0.39 is 10.5 Å². The van der Waals surface area contributed by atoms with Gasteiger partial charge in [0.2, 0.25) is 10.5 Å². The molecule has 0 aromatic heterocycles.